The van der Waals surface area contributed by atoms with Crippen LogP contribution in [0.25, 0.3) is 11.4 Å². The summed E-state index contributed by atoms with van der Waals surface area (Å²) in [6, 6.07) is 5.73. The topological polar surface area (TPSA) is 70.3 Å². The summed E-state index contributed by atoms with van der Waals surface area (Å²) < 4.78 is 11.5. The first-order valence-electron chi connectivity index (χ1n) is 6.26. The van der Waals surface area contributed by atoms with Crippen LogP contribution in [0.15, 0.2) is 22.7 Å². The maximum atomic E-state index is 6.01. The van der Waals surface area contributed by atoms with Crippen LogP contribution in [0.5, 0.6) is 5.75 Å². The standard InChI is InChI=1S/C14H14BrN3O2/c1-19-12-3-2-8(6-10(12)15)14-17-11-4-5-20-7-9(11)13(16)18-14/h2-3,6H,4-5,7H2,1H3,(H2,16,17,18). The molecule has 0 saturated heterocycles. The number of nitrogen functional groups attached to an aromatic ring is 1. The van der Waals surface area contributed by atoms with Gasteiger partial charge in [-0.3, -0.25) is 0 Å². The van der Waals surface area contributed by atoms with E-state index in [0.29, 0.717) is 24.9 Å². The van der Waals surface area contributed by atoms with Gasteiger partial charge in [-0.05, 0) is 34.1 Å². The van der Waals surface area contributed by atoms with Crippen LogP contribution in [0.2, 0.25) is 0 Å². The molecule has 1 aliphatic heterocycles. The monoisotopic (exact) mass is 335 g/mol. The highest BCUT2D eigenvalue weighted by Gasteiger charge is 2.17. The first-order chi connectivity index (χ1) is 9.69. The largest absolute Gasteiger partial charge is 0.496 e. The number of rotatable bonds is 2. The van der Waals surface area contributed by atoms with Crippen LogP contribution in [0.4, 0.5) is 5.82 Å². The van der Waals surface area contributed by atoms with E-state index < -0.39 is 0 Å². The van der Waals surface area contributed by atoms with E-state index in [1.807, 2.05) is 18.2 Å². The summed E-state index contributed by atoms with van der Waals surface area (Å²) in [6.07, 6.45) is 0.770. The first-order valence-corrected chi connectivity index (χ1v) is 7.05. The van der Waals surface area contributed by atoms with Crippen molar-refractivity contribution in [3.63, 3.8) is 0 Å². The van der Waals surface area contributed by atoms with Gasteiger partial charge in [-0.15, -0.1) is 0 Å². The summed E-state index contributed by atoms with van der Waals surface area (Å²) in [5.74, 6) is 1.90. The highest BCUT2D eigenvalue weighted by Crippen LogP contribution is 2.30. The molecule has 3 rings (SSSR count). The fourth-order valence-electron chi connectivity index (χ4n) is 2.19. The molecule has 0 saturated carbocycles. The second-order valence-electron chi connectivity index (χ2n) is 4.51. The smallest absolute Gasteiger partial charge is 0.161 e. The number of hydrogen-bond acceptors (Lipinski definition) is 5. The number of halogens is 1. The van der Waals surface area contributed by atoms with Gasteiger partial charge in [0.15, 0.2) is 5.82 Å². The lowest BCUT2D eigenvalue weighted by Gasteiger charge is -2.17. The molecule has 0 fully saturated rings. The molecule has 6 heteroatoms. The minimum Gasteiger partial charge on any atom is -0.496 e. The third kappa shape index (κ3) is 2.36. The Labute approximate surface area is 125 Å². The lowest BCUT2D eigenvalue weighted by molar-refractivity contribution is 0.109. The zero-order valence-electron chi connectivity index (χ0n) is 11.0. The minimum atomic E-state index is 0.494. The molecule has 104 valence electrons. The van der Waals surface area contributed by atoms with Gasteiger partial charge >= 0.3 is 0 Å². The maximum Gasteiger partial charge on any atom is 0.161 e. The number of ether oxygens (including phenoxy) is 2. The van der Waals surface area contributed by atoms with Crippen molar-refractivity contribution in [3.05, 3.63) is 33.9 Å². The van der Waals surface area contributed by atoms with E-state index in [0.717, 1.165) is 33.5 Å². The fraction of sp³-hybridized carbons (Fsp3) is 0.286. The van der Waals surface area contributed by atoms with Crippen molar-refractivity contribution in [1.29, 1.82) is 0 Å². The third-order valence-electron chi connectivity index (χ3n) is 3.26. The second kappa shape index (κ2) is 5.38. The summed E-state index contributed by atoms with van der Waals surface area (Å²) in [7, 11) is 1.63. The van der Waals surface area contributed by atoms with Crippen molar-refractivity contribution in [2.75, 3.05) is 19.5 Å². The van der Waals surface area contributed by atoms with Crippen LogP contribution < -0.4 is 10.5 Å². The molecular weight excluding hydrogens is 322 g/mol. The molecule has 0 atom stereocenters. The van der Waals surface area contributed by atoms with Crippen LogP contribution in [-0.4, -0.2) is 23.7 Å². The maximum absolute atomic E-state index is 6.01. The Morgan fingerprint density at radius 1 is 1.35 bits per heavy atom. The van der Waals surface area contributed by atoms with Gasteiger partial charge in [0.25, 0.3) is 0 Å². The average molecular weight is 336 g/mol. The molecule has 0 amide bonds. The number of hydrogen-bond donors (Lipinski definition) is 1. The van der Waals surface area contributed by atoms with Gasteiger partial charge in [0.2, 0.25) is 0 Å². The summed E-state index contributed by atoms with van der Waals surface area (Å²) in [5.41, 5.74) is 8.79. The van der Waals surface area contributed by atoms with Gasteiger partial charge in [-0.2, -0.15) is 0 Å². The van der Waals surface area contributed by atoms with Crippen molar-refractivity contribution in [1.82, 2.24) is 9.97 Å². The number of nitrogens with zero attached hydrogens (tertiary/aromatic N) is 2. The van der Waals surface area contributed by atoms with Gasteiger partial charge in [0, 0.05) is 17.5 Å². The summed E-state index contributed by atoms with van der Waals surface area (Å²) in [6.45, 7) is 1.17. The van der Waals surface area contributed by atoms with Gasteiger partial charge in [-0.1, -0.05) is 0 Å². The second-order valence-corrected chi connectivity index (χ2v) is 5.36. The normalized spacial score (nSPS) is 13.9. The lowest BCUT2D eigenvalue weighted by atomic mass is 10.1. The lowest BCUT2D eigenvalue weighted by Crippen LogP contribution is -2.16. The van der Waals surface area contributed by atoms with Crippen molar-refractivity contribution in [2.24, 2.45) is 0 Å². The van der Waals surface area contributed by atoms with E-state index >= 15 is 0 Å². The Hall–Kier alpha value is -1.66. The first kappa shape index (κ1) is 13.3. The van der Waals surface area contributed by atoms with Crippen LogP contribution >= 0.6 is 15.9 Å². The Bertz CT molecular complexity index is 661. The van der Waals surface area contributed by atoms with Crippen LogP contribution in [0.1, 0.15) is 11.3 Å². The Balaban J connectivity index is 2.06. The van der Waals surface area contributed by atoms with Gasteiger partial charge < -0.3 is 15.2 Å². The quantitative estimate of drug-likeness (QED) is 0.913. The molecule has 1 aromatic carbocycles. The van der Waals surface area contributed by atoms with Crippen LogP contribution in [0.3, 0.4) is 0 Å². The Morgan fingerprint density at radius 3 is 2.95 bits per heavy atom. The van der Waals surface area contributed by atoms with Crippen molar-refractivity contribution in [3.8, 4) is 17.1 Å². The molecule has 0 aliphatic carbocycles. The Kier molecular flexibility index (Phi) is 3.58. The molecule has 0 bridgehead atoms. The highest BCUT2D eigenvalue weighted by atomic mass is 79.9. The van der Waals surface area contributed by atoms with Gasteiger partial charge in [0.1, 0.15) is 11.6 Å². The summed E-state index contributed by atoms with van der Waals surface area (Å²) >= 11 is 3.47. The number of anilines is 1. The molecule has 20 heavy (non-hydrogen) atoms. The predicted octanol–water partition coefficient (Wildman–Crippen LogP) is 2.57. The van der Waals surface area contributed by atoms with Gasteiger partial charge in [0.05, 0.1) is 30.5 Å². The van der Waals surface area contributed by atoms with E-state index in [4.69, 9.17) is 15.2 Å². The van der Waals surface area contributed by atoms with Crippen LogP contribution in [-0.2, 0) is 17.8 Å². The number of nitrogens with two attached hydrogens (primary N) is 1. The molecule has 5 nitrogen and oxygen atoms in total. The molecule has 0 unspecified atom stereocenters. The van der Waals surface area contributed by atoms with Gasteiger partial charge in [-0.25, -0.2) is 9.97 Å². The number of methoxy groups -OCH3 is 1. The summed E-state index contributed by atoms with van der Waals surface area (Å²) in [4.78, 5) is 8.99. The number of fused-ring (bicyclic) bond motifs is 1. The van der Waals surface area contributed by atoms with Crippen molar-refractivity contribution in [2.45, 2.75) is 13.0 Å². The molecule has 1 aromatic heterocycles. The molecule has 1 aliphatic rings. The molecule has 2 N–H and O–H groups in total. The van der Waals surface area contributed by atoms with Crippen molar-refractivity contribution < 1.29 is 9.47 Å². The molecular formula is C14H14BrN3O2. The molecule has 0 spiro atoms. The summed E-state index contributed by atoms with van der Waals surface area (Å²) in [5, 5.41) is 0. The molecule has 2 aromatic rings. The molecule has 0 radical (unpaired) electrons. The average Bonchev–Trinajstić information content (AvgIpc) is 2.47. The van der Waals surface area contributed by atoms with E-state index in [9.17, 15) is 0 Å². The van der Waals surface area contributed by atoms with E-state index in [1.165, 1.54) is 0 Å². The van der Waals surface area contributed by atoms with Crippen molar-refractivity contribution >= 4 is 21.7 Å². The molecule has 2 heterocycles. The highest BCUT2D eigenvalue weighted by molar-refractivity contribution is 9.10. The Morgan fingerprint density at radius 2 is 2.20 bits per heavy atom. The zero-order valence-corrected chi connectivity index (χ0v) is 12.6. The SMILES string of the molecule is COc1ccc(-c2nc(N)c3c(n2)CCOC3)cc1Br. The fourth-order valence-corrected chi connectivity index (χ4v) is 2.73. The number of aromatic nitrogens is 2. The predicted molar refractivity (Wildman–Crippen MR) is 79.5 cm³/mol. The minimum absolute atomic E-state index is 0.494. The third-order valence-corrected chi connectivity index (χ3v) is 3.88. The van der Waals surface area contributed by atoms with Crippen LogP contribution in [0, 0.1) is 0 Å². The van der Waals surface area contributed by atoms with E-state index in [2.05, 4.69) is 25.9 Å². The zero-order chi connectivity index (χ0) is 14.1. The number of benzene rings is 1. The van der Waals surface area contributed by atoms with E-state index in [1.54, 1.807) is 7.11 Å². The van der Waals surface area contributed by atoms with E-state index in [-0.39, 0.29) is 0 Å².